The van der Waals surface area contributed by atoms with E-state index in [1.54, 1.807) is 26.1 Å². The van der Waals surface area contributed by atoms with Gasteiger partial charge in [0.25, 0.3) is 0 Å². The van der Waals surface area contributed by atoms with Crippen LogP contribution in [0.25, 0.3) is 0 Å². The maximum atomic E-state index is 12.3. The molecule has 0 spiro atoms. The zero-order valence-corrected chi connectivity index (χ0v) is 22.7. The molecule has 1 unspecified atom stereocenters. The smallest absolute Gasteiger partial charge is 0.237 e. The second-order valence-corrected chi connectivity index (χ2v) is 9.34. The van der Waals surface area contributed by atoms with Crippen molar-refractivity contribution in [1.82, 2.24) is 20.4 Å². The molecule has 1 atom stereocenters. The van der Waals surface area contributed by atoms with E-state index in [1.165, 1.54) is 0 Å². The standard InChI is InChI=1S/C28H38B2N4O4/c1-22(21-36)7-4-10-25(12-13-33(3)26(11-6-16-35)27(37)31-2)32-20-23-8-5-9-24(19-23)28(29,30)34-14-17-38-18-15-34/h4-5,7-10,12,16,19,21,26,32H,6,11,13-15,17-18,20H2,1-3H3,(H,31,37)/b10-4-,22-7+,25-12-. The molecule has 1 aromatic carbocycles. The molecule has 200 valence electrons. The fraction of sp³-hybridized carbons (Fsp3) is 0.464. The molecule has 0 bridgehead atoms. The number of hydrogen-bond donors (Lipinski definition) is 2. The minimum absolute atomic E-state index is 0.138. The Hall–Kier alpha value is -2.94. The van der Waals surface area contributed by atoms with Gasteiger partial charge in [0.2, 0.25) is 5.91 Å². The van der Waals surface area contributed by atoms with Gasteiger partial charge in [-0.1, -0.05) is 36.4 Å². The molecule has 2 rings (SSSR count). The summed E-state index contributed by atoms with van der Waals surface area (Å²) in [7, 11) is 16.5. The van der Waals surface area contributed by atoms with Crippen molar-refractivity contribution in [2.45, 2.75) is 37.7 Å². The minimum atomic E-state index is -1.10. The number of amides is 1. The number of rotatable bonds is 15. The summed E-state index contributed by atoms with van der Waals surface area (Å²) in [4.78, 5) is 38.1. The molecule has 0 saturated carbocycles. The molecule has 1 aliphatic heterocycles. The van der Waals surface area contributed by atoms with E-state index in [2.05, 4.69) is 10.6 Å². The van der Waals surface area contributed by atoms with E-state index < -0.39 is 11.4 Å². The molecule has 2 N–H and O–H groups in total. The van der Waals surface area contributed by atoms with Crippen molar-refractivity contribution in [2.75, 3.05) is 46.9 Å². The highest BCUT2D eigenvalue weighted by atomic mass is 16.5. The van der Waals surface area contributed by atoms with Gasteiger partial charge in [0.05, 0.1) is 34.9 Å². The highest BCUT2D eigenvalue weighted by Gasteiger charge is 2.29. The number of nitrogens with zero attached hydrogens (tertiary/aromatic N) is 2. The summed E-state index contributed by atoms with van der Waals surface area (Å²) < 4.78 is 5.43. The number of allylic oxidation sites excluding steroid dienone is 4. The first-order valence-electron chi connectivity index (χ1n) is 12.8. The van der Waals surface area contributed by atoms with Crippen LogP contribution in [0.2, 0.25) is 0 Å². The lowest BCUT2D eigenvalue weighted by molar-refractivity contribution is -0.125. The van der Waals surface area contributed by atoms with E-state index in [9.17, 15) is 14.4 Å². The molecule has 38 heavy (non-hydrogen) atoms. The van der Waals surface area contributed by atoms with Gasteiger partial charge in [-0.05, 0) is 54.6 Å². The van der Waals surface area contributed by atoms with Gasteiger partial charge in [-0.2, -0.15) is 0 Å². The predicted molar refractivity (Wildman–Crippen MR) is 152 cm³/mol. The zero-order valence-electron chi connectivity index (χ0n) is 22.7. The molecule has 10 heteroatoms. The molecule has 1 amide bonds. The molecule has 4 radical (unpaired) electrons. The van der Waals surface area contributed by atoms with Crippen LogP contribution in [-0.2, 0) is 31.0 Å². The third-order valence-corrected chi connectivity index (χ3v) is 6.48. The van der Waals surface area contributed by atoms with Crippen LogP contribution >= 0.6 is 0 Å². The number of morpholine rings is 1. The Labute approximate surface area is 229 Å². The van der Waals surface area contributed by atoms with Crippen LogP contribution in [0.1, 0.15) is 30.9 Å². The van der Waals surface area contributed by atoms with E-state index in [0.29, 0.717) is 57.8 Å². The number of benzene rings is 1. The molecule has 1 fully saturated rings. The van der Waals surface area contributed by atoms with Crippen LogP contribution in [0.3, 0.4) is 0 Å². The monoisotopic (exact) mass is 516 g/mol. The summed E-state index contributed by atoms with van der Waals surface area (Å²) in [6.45, 7) is 5.23. The Morgan fingerprint density at radius 2 is 2.00 bits per heavy atom. The van der Waals surface area contributed by atoms with Crippen molar-refractivity contribution in [1.29, 1.82) is 0 Å². The van der Waals surface area contributed by atoms with Gasteiger partial charge in [-0.3, -0.25) is 14.5 Å². The Morgan fingerprint density at radius 1 is 1.26 bits per heavy atom. The van der Waals surface area contributed by atoms with Crippen LogP contribution < -0.4 is 10.6 Å². The number of carbonyl (C=O) groups is 3. The first kappa shape index (κ1) is 31.3. The number of carbonyl (C=O) groups excluding carboxylic acids is 3. The van der Waals surface area contributed by atoms with Crippen molar-refractivity contribution in [3.8, 4) is 0 Å². The molecule has 1 aromatic rings. The molecule has 1 heterocycles. The second kappa shape index (κ2) is 16.1. The topological polar surface area (TPSA) is 91.0 Å². The van der Waals surface area contributed by atoms with Crippen molar-refractivity contribution in [3.05, 3.63) is 71.0 Å². The van der Waals surface area contributed by atoms with Crippen LogP contribution in [0, 0.1) is 0 Å². The summed E-state index contributed by atoms with van der Waals surface area (Å²) in [6.07, 6.45) is 9.71. The van der Waals surface area contributed by atoms with Crippen molar-refractivity contribution in [2.24, 2.45) is 0 Å². The zero-order chi connectivity index (χ0) is 28.0. The van der Waals surface area contributed by atoms with Crippen LogP contribution in [0.15, 0.2) is 59.8 Å². The molecular formula is C28H38B2N4O4. The Kier molecular flexibility index (Phi) is 13.3. The lowest BCUT2D eigenvalue weighted by Gasteiger charge is -2.42. The summed E-state index contributed by atoms with van der Waals surface area (Å²) in [5.41, 5.74) is 3.22. The highest BCUT2D eigenvalue weighted by Crippen LogP contribution is 2.24. The highest BCUT2D eigenvalue weighted by molar-refractivity contribution is 6.39. The van der Waals surface area contributed by atoms with E-state index in [4.69, 9.17) is 20.4 Å². The van der Waals surface area contributed by atoms with Gasteiger partial charge >= 0.3 is 0 Å². The third-order valence-electron chi connectivity index (χ3n) is 6.48. The van der Waals surface area contributed by atoms with Crippen LogP contribution in [0.4, 0.5) is 0 Å². The summed E-state index contributed by atoms with van der Waals surface area (Å²) in [5, 5.41) is 4.99. The Morgan fingerprint density at radius 3 is 2.66 bits per heavy atom. The van der Waals surface area contributed by atoms with Crippen molar-refractivity contribution < 1.29 is 19.1 Å². The first-order chi connectivity index (χ1) is 18.2. The van der Waals surface area contributed by atoms with Crippen molar-refractivity contribution in [3.63, 3.8) is 0 Å². The predicted octanol–water partition coefficient (Wildman–Crippen LogP) is 1.17. The average Bonchev–Trinajstić information content (AvgIpc) is 2.94. The van der Waals surface area contributed by atoms with E-state index >= 15 is 0 Å². The second-order valence-electron chi connectivity index (χ2n) is 9.34. The third kappa shape index (κ3) is 9.74. The SMILES string of the molecule is [B]C([B])(c1cccc(CNC(/C=C\C=C(/C)C=O)=C\CN(C)C(CCC=O)C(=O)NC)c1)N1CCOCC1. The maximum Gasteiger partial charge on any atom is 0.237 e. The fourth-order valence-electron chi connectivity index (χ4n) is 4.11. The Bertz CT molecular complexity index is 1020. The summed E-state index contributed by atoms with van der Waals surface area (Å²) in [5.74, 6) is -0.138. The number of likely N-dealkylation sites (N-methyl/N-ethyl adjacent to an activating group) is 2. The summed E-state index contributed by atoms with van der Waals surface area (Å²) in [6, 6.07) is 7.42. The lowest BCUT2D eigenvalue weighted by atomic mass is 9.56. The number of aldehydes is 2. The lowest BCUT2D eigenvalue weighted by Crippen LogP contribution is -2.52. The van der Waals surface area contributed by atoms with Gasteiger partial charge < -0.3 is 25.1 Å². The number of ether oxygens (including phenoxy) is 1. The van der Waals surface area contributed by atoms with E-state index in [0.717, 1.165) is 29.4 Å². The number of hydrogen-bond acceptors (Lipinski definition) is 7. The fourth-order valence-corrected chi connectivity index (χ4v) is 4.11. The molecule has 1 aliphatic rings. The quantitative estimate of drug-likeness (QED) is 0.157. The van der Waals surface area contributed by atoms with Gasteiger partial charge in [0, 0.05) is 45.3 Å². The average molecular weight is 516 g/mol. The van der Waals surface area contributed by atoms with Gasteiger partial charge in [0.1, 0.15) is 12.6 Å². The summed E-state index contributed by atoms with van der Waals surface area (Å²) >= 11 is 0. The van der Waals surface area contributed by atoms with Gasteiger partial charge in [-0.25, -0.2) is 0 Å². The van der Waals surface area contributed by atoms with E-state index in [-0.39, 0.29) is 5.91 Å². The van der Waals surface area contributed by atoms with Gasteiger partial charge in [-0.15, -0.1) is 0 Å². The van der Waals surface area contributed by atoms with E-state index in [1.807, 2.05) is 53.3 Å². The van der Waals surface area contributed by atoms with Crippen molar-refractivity contribution >= 4 is 34.2 Å². The molecule has 8 nitrogen and oxygen atoms in total. The van der Waals surface area contributed by atoms with Gasteiger partial charge in [0.15, 0.2) is 0 Å². The first-order valence-corrected chi connectivity index (χ1v) is 12.8. The molecular weight excluding hydrogens is 478 g/mol. The van der Waals surface area contributed by atoms with Crippen LogP contribution in [-0.4, -0.2) is 97.0 Å². The Balaban J connectivity index is 2.19. The van der Waals surface area contributed by atoms with Crippen LogP contribution in [0.5, 0.6) is 0 Å². The molecule has 0 aromatic heterocycles. The largest absolute Gasteiger partial charge is 0.381 e. The molecule has 1 saturated heterocycles. The minimum Gasteiger partial charge on any atom is -0.381 e. The maximum absolute atomic E-state index is 12.3. The number of nitrogens with one attached hydrogen (secondary N) is 2. The normalized spacial score (nSPS) is 16.4. The molecule has 0 aliphatic carbocycles.